The Hall–Kier alpha value is -4.19. The highest BCUT2D eigenvalue weighted by Gasteiger charge is 2.52. The van der Waals surface area contributed by atoms with Gasteiger partial charge in [-0.25, -0.2) is 38.0 Å². The lowest BCUT2D eigenvalue weighted by atomic mass is 9.95. The number of aliphatic hydroxyl groups excluding tert-OH is 3. The number of nitrogens with zero attached hydrogens (tertiary/aromatic N) is 8. The number of hydrogen-bond donors (Lipinski definition) is 10. The fourth-order valence-electron chi connectivity index (χ4n) is 8.37. The smallest absolute Gasteiger partial charge is 0.488 e. The van der Waals surface area contributed by atoms with Gasteiger partial charge in [-0.15, -0.1) is 0 Å². The largest absolute Gasteiger partial charge is 0.756 e. The highest BCUT2D eigenvalue weighted by molar-refractivity contribution is 8.55. The number of aliphatic hydroxyl groups is 3. The first-order chi connectivity index (χ1) is 34.2. The number of imidazole rings is 2. The molecular weight excluding hydrogens is 1090 g/mol. The average Bonchev–Trinajstić information content (AvgIpc) is 4.09. The number of nitrogens with one attached hydrogen (secondary N) is 2. The molecule has 0 bridgehead atoms. The summed E-state index contributed by atoms with van der Waals surface area (Å²) in [6.45, 7) is -5.79. The highest BCUT2D eigenvalue weighted by atomic mass is 32.7. The molecule has 0 aromatic carbocycles. The summed E-state index contributed by atoms with van der Waals surface area (Å²) in [6, 6.07) is 0.926. The normalized spacial score (nSPS) is 30.9. The van der Waals surface area contributed by atoms with E-state index in [4.69, 9.17) is 44.0 Å². The zero-order valence-corrected chi connectivity index (χ0v) is 42.1. The lowest BCUT2D eigenvalue weighted by Crippen LogP contribution is -2.45. The third kappa shape index (κ3) is 11.6. The lowest BCUT2D eigenvalue weighted by molar-refractivity contribution is -0.745. The standard InChI is InChI=1S/C33H46N12O23P4S/c1-4-13-14(63-29(20(13)47)45-12-42(2)19-27(45)40-32(35)41-28(19)50)7-62-70(54,55)67-71(56,57)68-72(58,59)73-9-16-23(24(60-3)31(65-16)44-11-38-18-25(34)36-10-37-26(18)44)66-69(52,53)61-8-15-21(48)22(49)30(64-15)43-6-5-17(46)39-33(43)51/h5-6,10-16,20-24,29-31,47-49H,4,7-9H2,1-3H3,(H9-,34,35,36,37,39,40,41,46,50,51,52,53,54,55,56,57,58,59)/t13-,14-,15-,16-,20-,21-,22-,23-,24-,29-,30-,31-/m1/s1. The first kappa shape index (κ1) is 55.1. The average molecular weight is 1130 g/mol. The molecule has 0 saturated carbocycles. The summed E-state index contributed by atoms with van der Waals surface area (Å²) in [5.41, 5.74) is 9.44. The lowest BCUT2D eigenvalue weighted by Gasteiger charge is -2.31. The molecule has 402 valence electrons. The molecule has 5 aromatic heterocycles. The van der Waals surface area contributed by atoms with E-state index < -0.39 is 139 Å². The SMILES string of the molecule is CC[C@H]1[C@@H](O)[C@H]([n+]2cn(C)c3c(=O)[nH]c(N)nc32)O[C@@H]1COP(=O)(O)OP(=O)(O)OP(=O)(O)SC[C@H]1O[C@@H](n2cnc3c(N)ncnc32)[C@H](OC)[C@@H]1OP(=O)([O-])OC[C@H]1O[C@@H](n2ccc(=O)[nH]c2=O)[C@H](O)[C@@H]1O. The second kappa shape index (κ2) is 21.1. The van der Waals surface area contributed by atoms with Gasteiger partial charge in [-0.2, -0.15) is 8.62 Å². The number of methoxy groups -OCH3 is 1. The van der Waals surface area contributed by atoms with Crippen LogP contribution in [-0.4, -0.2) is 149 Å². The van der Waals surface area contributed by atoms with Gasteiger partial charge in [0.2, 0.25) is 11.7 Å². The Labute approximate surface area is 411 Å². The van der Waals surface area contributed by atoms with Crippen LogP contribution >= 0.6 is 41.6 Å². The minimum absolute atomic E-state index is 0.0214. The van der Waals surface area contributed by atoms with Crippen LogP contribution < -0.4 is 37.7 Å². The summed E-state index contributed by atoms with van der Waals surface area (Å²) in [7, 11) is -14.8. The summed E-state index contributed by atoms with van der Waals surface area (Å²) in [6.07, 6.45) is -12.4. The molecule has 40 heteroatoms. The van der Waals surface area contributed by atoms with Crippen LogP contribution in [0.15, 0.2) is 45.6 Å². The molecule has 73 heavy (non-hydrogen) atoms. The number of aromatic amines is 2. The Morgan fingerprint density at radius 3 is 2.29 bits per heavy atom. The number of fused-ring (bicyclic) bond motifs is 2. The molecule has 16 atom stereocenters. The Morgan fingerprint density at radius 1 is 0.877 bits per heavy atom. The van der Waals surface area contributed by atoms with Crippen molar-refractivity contribution < 1.29 is 98.9 Å². The number of phosphoric acid groups is 3. The molecule has 35 nitrogen and oxygen atoms in total. The summed E-state index contributed by atoms with van der Waals surface area (Å²) >= 11 is -0.166. The zero-order valence-electron chi connectivity index (χ0n) is 37.7. The number of hydrogen-bond acceptors (Lipinski definition) is 27. The number of rotatable bonds is 20. The van der Waals surface area contributed by atoms with Gasteiger partial charge in [-0.3, -0.25) is 42.3 Å². The van der Waals surface area contributed by atoms with E-state index in [1.54, 1.807) is 6.92 Å². The van der Waals surface area contributed by atoms with Crippen LogP contribution in [0.1, 0.15) is 32.0 Å². The minimum atomic E-state index is -6.05. The number of ether oxygens (including phenoxy) is 4. The number of H-pyrrole nitrogens is 2. The molecule has 0 amide bonds. The molecule has 8 rings (SSSR count). The van der Waals surface area contributed by atoms with Crippen molar-refractivity contribution >= 4 is 75.7 Å². The topological polar surface area (TPSA) is 501 Å². The third-order valence-corrected chi connectivity index (χ3v) is 19.2. The number of nitrogens with two attached hydrogens (primary N) is 2. The molecule has 12 N–H and O–H groups in total. The van der Waals surface area contributed by atoms with Crippen molar-refractivity contribution in [2.24, 2.45) is 13.0 Å². The van der Waals surface area contributed by atoms with Gasteiger partial charge >= 0.3 is 33.8 Å². The van der Waals surface area contributed by atoms with E-state index in [9.17, 15) is 67.5 Å². The fraction of sp³-hybridized carbons (Fsp3) is 0.576. The van der Waals surface area contributed by atoms with E-state index in [0.717, 1.165) is 36.6 Å². The zero-order chi connectivity index (χ0) is 53.1. The molecule has 0 radical (unpaired) electrons. The molecule has 5 aromatic rings. The molecule has 3 saturated heterocycles. The van der Waals surface area contributed by atoms with Crippen LogP contribution in [0.5, 0.6) is 0 Å². The van der Waals surface area contributed by atoms with Crippen molar-refractivity contribution in [3.8, 4) is 0 Å². The van der Waals surface area contributed by atoms with Crippen LogP contribution in [0, 0.1) is 5.92 Å². The molecular formula is C33H46N12O23P4S. The van der Waals surface area contributed by atoms with E-state index in [1.807, 2.05) is 4.98 Å². The van der Waals surface area contributed by atoms with Gasteiger partial charge in [0.05, 0.1) is 38.8 Å². The van der Waals surface area contributed by atoms with Crippen LogP contribution in [0.2, 0.25) is 0 Å². The maximum Gasteiger partial charge on any atom is 0.488 e. The molecule has 0 aliphatic carbocycles. The van der Waals surface area contributed by atoms with Gasteiger partial charge in [0.1, 0.15) is 48.5 Å². The van der Waals surface area contributed by atoms with Crippen molar-refractivity contribution in [1.82, 2.24) is 43.6 Å². The van der Waals surface area contributed by atoms with E-state index in [0.29, 0.717) is 0 Å². The second-order valence-electron chi connectivity index (χ2n) is 16.3. The highest BCUT2D eigenvalue weighted by Crippen LogP contribution is 2.71. The Morgan fingerprint density at radius 2 is 1.59 bits per heavy atom. The molecule has 8 heterocycles. The maximum atomic E-state index is 13.5. The Bertz CT molecular complexity index is 3250. The van der Waals surface area contributed by atoms with Crippen molar-refractivity contribution in [1.29, 1.82) is 0 Å². The Balaban J connectivity index is 0.935. The van der Waals surface area contributed by atoms with Gasteiger partial charge in [-0.1, -0.05) is 11.9 Å². The summed E-state index contributed by atoms with van der Waals surface area (Å²) in [5, 5.41) is 32.4. The number of anilines is 2. The first-order valence-corrected chi connectivity index (χ1v) is 28.7. The van der Waals surface area contributed by atoms with Crippen molar-refractivity contribution in [2.45, 2.75) is 80.9 Å². The first-order valence-electron chi connectivity index (χ1n) is 21.1. The number of aryl methyl sites for hydroxylation is 1. The monoisotopic (exact) mass is 1130 g/mol. The van der Waals surface area contributed by atoms with Crippen LogP contribution in [0.3, 0.4) is 0 Å². The predicted octanol–water partition coefficient (Wildman–Crippen LogP) is -3.13. The van der Waals surface area contributed by atoms with Gasteiger partial charge in [0.15, 0.2) is 30.2 Å². The van der Waals surface area contributed by atoms with Crippen LogP contribution in [0.4, 0.5) is 11.8 Å². The summed E-state index contributed by atoms with van der Waals surface area (Å²) in [4.78, 5) is 102. The number of phosphoric ester groups is 2. The van der Waals surface area contributed by atoms with Crippen LogP contribution in [-0.2, 0) is 66.4 Å². The van der Waals surface area contributed by atoms with Gasteiger partial charge in [0.25, 0.3) is 24.9 Å². The minimum Gasteiger partial charge on any atom is -0.756 e. The molecule has 3 aliphatic rings. The molecule has 4 unspecified atom stereocenters. The summed E-state index contributed by atoms with van der Waals surface area (Å²) in [5.74, 6) is -1.99. The van der Waals surface area contributed by atoms with E-state index in [-0.39, 0.29) is 51.9 Å². The van der Waals surface area contributed by atoms with E-state index in [2.05, 4.69) is 33.5 Å². The van der Waals surface area contributed by atoms with Gasteiger partial charge < -0.3 is 74.4 Å². The number of nitrogen functional groups attached to an aromatic ring is 2. The summed E-state index contributed by atoms with van der Waals surface area (Å²) < 4.78 is 105. The van der Waals surface area contributed by atoms with Crippen molar-refractivity contribution in [3.63, 3.8) is 0 Å². The van der Waals surface area contributed by atoms with Crippen molar-refractivity contribution in [3.05, 3.63) is 62.4 Å². The second-order valence-corrected chi connectivity index (χ2v) is 24.8. The van der Waals surface area contributed by atoms with Crippen molar-refractivity contribution in [2.75, 3.05) is 37.5 Å². The molecule has 3 aliphatic heterocycles. The Kier molecular flexibility index (Phi) is 15.9. The molecule has 0 spiro atoms. The van der Waals surface area contributed by atoms with E-state index >= 15 is 0 Å². The number of aromatic nitrogens is 10. The molecule has 3 fully saturated rings. The third-order valence-electron chi connectivity index (χ3n) is 11.6. The predicted molar refractivity (Wildman–Crippen MR) is 240 cm³/mol. The fourth-order valence-corrected chi connectivity index (χ4v) is 15.3. The van der Waals surface area contributed by atoms with Gasteiger partial charge in [-0.05, 0) is 17.8 Å². The van der Waals surface area contributed by atoms with Gasteiger partial charge in [0, 0.05) is 31.0 Å². The van der Waals surface area contributed by atoms with Crippen LogP contribution in [0.25, 0.3) is 22.3 Å². The maximum absolute atomic E-state index is 13.5. The van der Waals surface area contributed by atoms with E-state index in [1.165, 1.54) is 27.1 Å². The quantitative estimate of drug-likeness (QED) is 0.0272.